The lowest BCUT2D eigenvalue weighted by Gasteiger charge is -2.20. The minimum absolute atomic E-state index is 0.664. The molecule has 1 aromatic heterocycles. The molecule has 0 spiro atoms. The van der Waals surface area contributed by atoms with Crippen LogP contribution < -0.4 is 5.43 Å². The van der Waals surface area contributed by atoms with Crippen molar-refractivity contribution in [2.24, 2.45) is 5.92 Å². The van der Waals surface area contributed by atoms with E-state index in [-0.39, 0.29) is 0 Å². The molecule has 0 saturated heterocycles. The summed E-state index contributed by atoms with van der Waals surface area (Å²) in [7, 11) is -6.00. The summed E-state index contributed by atoms with van der Waals surface area (Å²) in [5.41, 5.74) is 5.71. The van der Waals surface area contributed by atoms with Gasteiger partial charge in [-0.25, -0.2) is 0 Å². The fourth-order valence-corrected chi connectivity index (χ4v) is 2.71. The Labute approximate surface area is 182 Å². The topological polar surface area (TPSA) is 37.4 Å². The van der Waals surface area contributed by atoms with Crippen LogP contribution in [0.25, 0.3) is 5.57 Å². The third-order valence-electron chi connectivity index (χ3n) is 4.42. The predicted molar refractivity (Wildman–Crippen MR) is 118 cm³/mol. The Kier molecular flexibility index (Phi) is 13.3. The maximum Gasteiger partial charge on any atom is 0.673 e. The summed E-state index contributed by atoms with van der Waals surface area (Å²) in [4.78, 5) is 9.66. The van der Waals surface area contributed by atoms with Gasteiger partial charge in [0.1, 0.15) is 0 Å². The van der Waals surface area contributed by atoms with Crippen molar-refractivity contribution in [3.63, 3.8) is 0 Å². The van der Waals surface area contributed by atoms with Gasteiger partial charge in [0.05, 0.1) is 13.2 Å². The molecule has 1 aliphatic heterocycles. The van der Waals surface area contributed by atoms with Gasteiger partial charge in [0.2, 0.25) is 0 Å². The highest BCUT2D eigenvalue weighted by Gasteiger charge is 2.20. The second kappa shape index (κ2) is 15.4. The molecule has 0 amide bonds. The predicted octanol–water partition coefficient (Wildman–Crippen LogP) is 6.38. The first-order valence-electron chi connectivity index (χ1n) is 10.5. The zero-order valence-electron chi connectivity index (χ0n) is 18.1. The van der Waals surface area contributed by atoms with Crippen LogP contribution in [-0.2, 0) is 4.84 Å². The number of hydrogen-bond donors (Lipinski definition) is 1. The number of nitrogens with zero attached hydrogens (tertiary/aromatic N) is 2. The van der Waals surface area contributed by atoms with E-state index in [0.717, 1.165) is 13.2 Å². The molecule has 1 aliphatic rings. The van der Waals surface area contributed by atoms with Crippen molar-refractivity contribution in [2.75, 3.05) is 13.2 Å². The Hall–Kier alpha value is -2.39. The summed E-state index contributed by atoms with van der Waals surface area (Å²) in [6.45, 7) is 6.09. The molecule has 0 radical (unpaired) electrons. The third kappa shape index (κ3) is 14.3. The van der Waals surface area contributed by atoms with Gasteiger partial charge in [-0.2, -0.15) is 0 Å². The quantitative estimate of drug-likeness (QED) is 0.382. The average Bonchev–Trinajstić information content (AvgIpc) is 3.24. The van der Waals surface area contributed by atoms with Crippen molar-refractivity contribution in [3.05, 3.63) is 72.7 Å². The highest BCUT2D eigenvalue weighted by atomic mass is 19.5. The minimum atomic E-state index is -6.00. The van der Waals surface area contributed by atoms with Crippen LogP contribution in [0.1, 0.15) is 45.1 Å². The molecule has 1 atom stereocenters. The number of aromatic nitrogens is 1. The van der Waals surface area contributed by atoms with Gasteiger partial charge in [-0.1, -0.05) is 74.7 Å². The first kappa shape index (κ1) is 26.6. The van der Waals surface area contributed by atoms with Gasteiger partial charge in [-0.3, -0.25) is 9.82 Å². The first-order valence-corrected chi connectivity index (χ1v) is 10.5. The van der Waals surface area contributed by atoms with Crippen molar-refractivity contribution in [1.29, 1.82) is 0 Å². The highest BCUT2D eigenvalue weighted by molar-refractivity contribution is 6.50. The lowest BCUT2D eigenvalue weighted by atomic mass is 10.0. The van der Waals surface area contributed by atoms with E-state index in [9.17, 15) is 17.3 Å². The van der Waals surface area contributed by atoms with Gasteiger partial charge < -0.3 is 22.7 Å². The van der Waals surface area contributed by atoms with Crippen molar-refractivity contribution >= 4 is 12.8 Å². The highest BCUT2D eigenvalue weighted by Crippen LogP contribution is 2.19. The molecule has 0 saturated carbocycles. The largest absolute Gasteiger partial charge is 0.673 e. The van der Waals surface area contributed by atoms with Crippen LogP contribution in [0.2, 0.25) is 0 Å². The number of halogens is 4. The molecule has 172 valence electrons. The van der Waals surface area contributed by atoms with E-state index in [4.69, 9.17) is 4.84 Å². The Morgan fingerprint density at radius 2 is 1.65 bits per heavy atom. The molecule has 1 aromatic carbocycles. The molecular weight excluding hydrogens is 409 g/mol. The summed E-state index contributed by atoms with van der Waals surface area (Å²) >= 11 is 0. The third-order valence-corrected chi connectivity index (χ3v) is 4.42. The summed E-state index contributed by atoms with van der Waals surface area (Å²) in [6, 6.07) is 16.2. The molecule has 2 heterocycles. The summed E-state index contributed by atoms with van der Waals surface area (Å²) in [6.07, 6.45) is 10.5. The zero-order chi connectivity index (χ0) is 23.0. The smallest absolute Gasteiger partial charge is 0.418 e. The average molecular weight is 440 g/mol. The summed E-state index contributed by atoms with van der Waals surface area (Å²) < 4.78 is 39.0. The molecule has 3 rings (SSSR count). The van der Waals surface area contributed by atoms with Gasteiger partial charge in [0.15, 0.2) is 0 Å². The number of nitrogens with one attached hydrogen (secondary N) is 1. The number of pyridine rings is 1. The molecule has 0 bridgehead atoms. The van der Waals surface area contributed by atoms with E-state index >= 15 is 0 Å². The monoisotopic (exact) mass is 440 g/mol. The first-order chi connectivity index (χ1) is 14.8. The van der Waals surface area contributed by atoms with Crippen LogP contribution in [0.5, 0.6) is 0 Å². The van der Waals surface area contributed by atoms with Crippen LogP contribution in [0, 0.1) is 5.92 Å². The fraction of sp³-hybridized carbons (Fsp3) is 0.409. The number of unbranched alkanes of at least 4 members (excludes halogenated alkanes) is 1. The molecule has 9 heteroatoms. The number of hydrazine groups is 1. The number of benzene rings is 1. The van der Waals surface area contributed by atoms with E-state index in [1.54, 1.807) is 12.4 Å². The Balaban J connectivity index is 0.000000357. The van der Waals surface area contributed by atoms with Gasteiger partial charge in [0, 0.05) is 18.6 Å². The van der Waals surface area contributed by atoms with Crippen molar-refractivity contribution in [3.8, 4) is 0 Å². The summed E-state index contributed by atoms with van der Waals surface area (Å²) in [5.74, 6) is 0.664. The normalized spacial score (nSPS) is 14.3. The maximum absolute atomic E-state index is 9.75. The van der Waals surface area contributed by atoms with Crippen LogP contribution >= 0.6 is 0 Å². The van der Waals surface area contributed by atoms with Crippen molar-refractivity contribution in [2.45, 2.75) is 39.5 Å². The lowest BCUT2D eigenvalue weighted by Crippen LogP contribution is -2.32. The van der Waals surface area contributed by atoms with E-state index < -0.39 is 7.25 Å². The molecule has 0 fully saturated rings. The lowest BCUT2D eigenvalue weighted by molar-refractivity contribution is -0.182. The van der Waals surface area contributed by atoms with Gasteiger partial charge in [0.25, 0.3) is 0 Å². The zero-order valence-corrected chi connectivity index (χ0v) is 18.1. The second-order valence-electron chi connectivity index (χ2n) is 6.93. The van der Waals surface area contributed by atoms with Crippen molar-refractivity contribution < 1.29 is 22.1 Å². The molecule has 1 unspecified atom stereocenters. The molecular formula is C22H31BF4N3O-. The molecule has 0 aliphatic carbocycles. The van der Waals surface area contributed by atoms with Crippen molar-refractivity contribution in [1.82, 2.24) is 15.6 Å². The number of hydroxylamine groups is 1. The Morgan fingerprint density at radius 1 is 1.03 bits per heavy atom. The number of hydrogen-bond acceptors (Lipinski definition) is 4. The molecule has 2 aromatic rings. The second-order valence-corrected chi connectivity index (χ2v) is 6.93. The summed E-state index contributed by atoms with van der Waals surface area (Å²) in [5, 5.41) is 1.84. The van der Waals surface area contributed by atoms with E-state index in [1.165, 1.54) is 36.8 Å². The molecule has 4 nitrogen and oxygen atoms in total. The van der Waals surface area contributed by atoms with Gasteiger partial charge in [-0.05, 0) is 35.6 Å². The minimum Gasteiger partial charge on any atom is -0.418 e. The van der Waals surface area contributed by atoms with Crippen LogP contribution in [0.3, 0.4) is 0 Å². The fourth-order valence-electron chi connectivity index (χ4n) is 2.71. The van der Waals surface area contributed by atoms with E-state index in [1.807, 2.05) is 35.6 Å². The SMILES string of the molecule is CCCCC(CC)CON1CC(c2ccccc2)=CN1.F[B-](F)(F)F.c1ccncc1. The van der Waals surface area contributed by atoms with E-state index in [2.05, 4.69) is 48.5 Å². The van der Waals surface area contributed by atoms with Crippen LogP contribution in [0.15, 0.2) is 67.1 Å². The van der Waals surface area contributed by atoms with Crippen LogP contribution in [0.4, 0.5) is 17.3 Å². The van der Waals surface area contributed by atoms with Gasteiger partial charge >= 0.3 is 7.25 Å². The maximum atomic E-state index is 9.75. The molecule has 1 N–H and O–H groups in total. The number of rotatable bonds is 8. The Morgan fingerprint density at radius 3 is 2.13 bits per heavy atom. The van der Waals surface area contributed by atoms with E-state index in [0.29, 0.717) is 5.92 Å². The Bertz CT molecular complexity index is 685. The van der Waals surface area contributed by atoms with Gasteiger partial charge in [-0.15, -0.1) is 0 Å². The van der Waals surface area contributed by atoms with Crippen LogP contribution in [-0.4, -0.2) is 30.6 Å². The molecule has 31 heavy (non-hydrogen) atoms. The standard InChI is InChI=1S/C17H26N2O.C5H5N.BF4/c1-3-5-9-15(4-2)14-20-19-13-17(12-18-19)16-10-7-6-8-11-16;1-2-4-6-5-3-1;2-1(3,4)5/h6-8,10-12,15,18H,3-5,9,13-14H2,1-2H3;1-5H;/q;;-1.